The van der Waals surface area contributed by atoms with Crippen LogP contribution in [-0.2, 0) is 9.84 Å². The maximum Gasteiger partial charge on any atom is 0.270 e. The van der Waals surface area contributed by atoms with Crippen molar-refractivity contribution < 1.29 is 13.3 Å². The normalized spacial score (nSPS) is 15.2. The van der Waals surface area contributed by atoms with Crippen molar-refractivity contribution in [1.29, 1.82) is 0 Å². The lowest BCUT2D eigenvalue weighted by molar-refractivity contribution is -0.385. The molecule has 0 amide bonds. The number of non-ortho nitro benzene ring substituents is 1. The summed E-state index contributed by atoms with van der Waals surface area (Å²) < 4.78 is 26.0. The van der Waals surface area contributed by atoms with E-state index < -0.39 is 20.0 Å². The summed E-state index contributed by atoms with van der Waals surface area (Å²) in [7, 11) is -3.62. The quantitative estimate of drug-likeness (QED) is 0.404. The van der Waals surface area contributed by atoms with E-state index in [1.54, 1.807) is 11.3 Å². The summed E-state index contributed by atoms with van der Waals surface area (Å²) in [5.41, 5.74) is 4.24. The van der Waals surface area contributed by atoms with Crippen LogP contribution in [0.25, 0.3) is 11.3 Å². The molecule has 3 aromatic rings. The lowest BCUT2D eigenvalue weighted by Crippen LogP contribution is -2.39. The number of anilines is 1. The molecular weight excluding hydrogens is 434 g/mol. The van der Waals surface area contributed by atoms with E-state index in [1.165, 1.54) is 29.3 Å². The standard InChI is InChI=1S/C22H23N3O4S2/c1-15-5-3-6-16(2)21(15)20-14-30-22(23-20)24-11-9-18(10-12-24)31(28,29)19-8-4-7-17(13-19)25(26)27/h3-8,13-14,18H,9-12H2,1-2H3. The fraction of sp³-hybridized carbons (Fsp3) is 0.318. The number of rotatable bonds is 5. The summed E-state index contributed by atoms with van der Waals surface area (Å²) in [5.74, 6) is 0. The Kier molecular flexibility index (Phi) is 5.81. The van der Waals surface area contributed by atoms with Crippen molar-refractivity contribution in [3.05, 3.63) is 69.1 Å². The molecule has 31 heavy (non-hydrogen) atoms. The number of sulfone groups is 1. The van der Waals surface area contributed by atoms with Crippen molar-refractivity contribution in [1.82, 2.24) is 4.98 Å². The Morgan fingerprint density at radius 3 is 2.39 bits per heavy atom. The molecule has 9 heteroatoms. The zero-order valence-corrected chi connectivity index (χ0v) is 18.9. The highest BCUT2D eigenvalue weighted by Crippen LogP contribution is 2.34. The first-order chi connectivity index (χ1) is 14.8. The highest BCUT2D eigenvalue weighted by atomic mass is 32.2. The summed E-state index contributed by atoms with van der Waals surface area (Å²) >= 11 is 1.57. The molecule has 2 aromatic carbocycles. The van der Waals surface area contributed by atoms with Gasteiger partial charge in [-0.25, -0.2) is 13.4 Å². The summed E-state index contributed by atoms with van der Waals surface area (Å²) in [4.78, 5) is 17.4. The SMILES string of the molecule is Cc1cccc(C)c1-c1csc(N2CCC(S(=O)(=O)c3cccc([N+](=O)[O-])c3)CC2)n1. The van der Waals surface area contributed by atoms with E-state index >= 15 is 0 Å². The molecule has 2 heterocycles. The summed E-state index contributed by atoms with van der Waals surface area (Å²) in [6.45, 7) is 5.31. The number of aromatic nitrogens is 1. The molecule has 0 bridgehead atoms. The van der Waals surface area contributed by atoms with Gasteiger partial charge in [-0.05, 0) is 43.9 Å². The number of thiazole rings is 1. The number of nitrogens with zero attached hydrogens (tertiary/aromatic N) is 3. The van der Waals surface area contributed by atoms with Gasteiger partial charge in [-0.2, -0.15) is 0 Å². The molecule has 0 radical (unpaired) electrons. The van der Waals surface area contributed by atoms with E-state index in [2.05, 4.69) is 36.3 Å². The van der Waals surface area contributed by atoms with Crippen LogP contribution in [0.5, 0.6) is 0 Å². The second-order valence-electron chi connectivity index (χ2n) is 7.77. The molecule has 1 aliphatic rings. The van der Waals surface area contributed by atoms with Crippen LogP contribution >= 0.6 is 11.3 Å². The van der Waals surface area contributed by atoms with Gasteiger partial charge in [0.2, 0.25) is 0 Å². The summed E-state index contributed by atoms with van der Waals surface area (Å²) in [6.07, 6.45) is 0.923. The first-order valence-electron chi connectivity index (χ1n) is 10.0. The van der Waals surface area contributed by atoms with Crippen molar-refractivity contribution in [3.63, 3.8) is 0 Å². The fourth-order valence-electron chi connectivity index (χ4n) is 4.07. The van der Waals surface area contributed by atoms with Gasteiger partial charge in [-0.15, -0.1) is 11.3 Å². The average molecular weight is 458 g/mol. The van der Waals surface area contributed by atoms with Crippen LogP contribution in [0.4, 0.5) is 10.8 Å². The van der Waals surface area contributed by atoms with E-state index in [9.17, 15) is 18.5 Å². The lowest BCUT2D eigenvalue weighted by Gasteiger charge is -2.31. The number of hydrogen-bond donors (Lipinski definition) is 0. The lowest BCUT2D eigenvalue weighted by atomic mass is 10.0. The van der Waals surface area contributed by atoms with Crippen LogP contribution in [0.3, 0.4) is 0 Å². The molecular formula is C22H23N3O4S2. The molecule has 1 fully saturated rings. The summed E-state index contributed by atoms with van der Waals surface area (Å²) in [6, 6.07) is 11.5. The Bertz CT molecular complexity index is 1210. The molecule has 0 unspecified atom stereocenters. The first kappa shape index (κ1) is 21.5. The van der Waals surface area contributed by atoms with Crippen LogP contribution in [-0.4, -0.2) is 36.7 Å². The minimum atomic E-state index is -3.62. The molecule has 1 aromatic heterocycles. The largest absolute Gasteiger partial charge is 0.348 e. The van der Waals surface area contributed by atoms with E-state index in [0.29, 0.717) is 25.9 Å². The zero-order chi connectivity index (χ0) is 22.2. The fourth-order valence-corrected chi connectivity index (χ4v) is 6.71. The molecule has 7 nitrogen and oxygen atoms in total. The van der Waals surface area contributed by atoms with Gasteiger partial charge in [0.05, 0.1) is 20.8 Å². The molecule has 0 aliphatic carbocycles. The van der Waals surface area contributed by atoms with Gasteiger partial charge >= 0.3 is 0 Å². The van der Waals surface area contributed by atoms with Gasteiger partial charge < -0.3 is 4.90 Å². The number of nitro groups is 1. The van der Waals surface area contributed by atoms with Crippen molar-refractivity contribution in [2.24, 2.45) is 0 Å². The first-order valence-corrected chi connectivity index (χ1v) is 12.5. The number of nitro benzene ring substituents is 1. The Morgan fingerprint density at radius 2 is 1.74 bits per heavy atom. The topological polar surface area (TPSA) is 93.4 Å². The van der Waals surface area contributed by atoms with Gasteiger partial charge in [-0.1, -0.05) is 24.3 Å². The molecule has 4 rings (SSSR count). The molecule has 0 spiro atoms. The van der Waals surface area contributed by atoms with Crippen LogP contribution < -0.4 is 4.90 Å². The molecule has 0 atom stereocenters. The second kappa shape index (κ2) is 8.39. The predicted octanol–water partition coefficient (Wildman–Crippen LogP) is 4.78. The van der Waals surface area contributed by atoms with Gasteiger partial charge in [0.1, 0.15) is 0 Å². The zero-order valence-electron chi connectivity index (χ0n) is 17.3. The number of aryl methyl sites for hydroxylation is 2. The van der Waals surface area contributed by atoms with Gasteiger partial charge in [0, 0.05) is 36.2 Å². The molecule has 1 saturated heterocycles. The van der Waals surface area contributed by atoms with E-state index in [4.69, 9.17) is 4.98 Å². The Hall–Kier alpha value is -2.78. The maximum atomic E-state index is 13.0. The molecule has 0 N–H and O–H groups in total. The van der Waals surface area contributed by atoms with Crippen molar-refractivity contribution >= 4 is 32.0 Å². The van der Waals surface area contributed by atoms with Crippen molar-refractivity contribution in [3.8, 4) is 11.3 Å². The van der Waals surface area contributed by atoms with Crippen LogP contribution in [0.15, 0.2) is 52.7 Å². The maximum absolute atomic E-state index is 13.0. The highest BCUT2D eigenvalue weighted by Gasteiger charge is 2.33. The third-order valence-corrected chi connectivity index (χ3v) is 8.90. The molecule has 1 aliphatic heterocycles. The second-order valence-corrected chi connectivity index (χ2v) is 10.8. The van der Waals surface area contributed by atoms with Crippen molar-refractivity contribution in [2.45, 2.75) is 36.8 Å². The Balaban J connectivity index is 1.49. The van der Waals surface area contributed by atoms with Gasteiger partial charge in [0.15, 0.2) is 15.0 Å². The van der Waals surface area contributed by atoms with E-state index in [0.717, 1.165) is 22.5 Å². The minimum absolute atomic E-state index is 0.0201. The van der Waals surface area contributed by atoms with Gasteiger partial charge in [-0.3, -0.25) is 10.1 Å². The number of hydrogen-bond acceptors (Lipinski definition) is 7. The monoisotopic (exact) mass is 457 g/mol. The van der Waals surface area contributed by atoms with E-state index in [1.807, 2.05) is 6.07 Å². The molecule has 162 valence electrons. The van der Waals surface area contributed by atoms with Crippen LogP contribution in [0, 0.1) is 24.0 Å². The minimum Gasteiger partial charge on any atom is -0.348 e. The highest BCUT2D eigenvalue weighted by molar-refractivity contribution is 7.92. The summed E-state index contributed by atoms with van der Waals surface area (Å²) in [5, 5.41) is 13.4. The molecule has 0 saturated carbocycles. The number of benzene rings is 2. The number of piperidine rings is 1. The van der Waals surface area contributed by atoms with Crippen molar-refractivity contribution in [2.75, 3.05) is 18.0 Å². The smallest absolute Gasteiger partial charge is 0.270 e. The third-order valence-electron chi connectivity index (χ3n) is 5.74. The predicted molar refractivity (Wildman–Crippen MR) is 123 cm³/mol. The van der Waals surface area contributed by atoms with Crippen LogP contribution in [0.1, 0.15) is 24.0 Å². The van der Waals surface area contributed by atoms with Crippen LogP contribution in [0.2, 0.25) is 0 Å². The van der Waals surface area contributed by atoms with Gasteiger partial charge in [0.25, 0.3) is 5.69 Å². The Morgan fingerprint density at radius 1 is 1.10 bits per heavy atom. The van der Waals surface area contributed by atoms with E-state index in [-0.39, 0.29) is 10.6 Å². The Labute approximate surface area is 185 Å². The average Bonchev–Trinajstić information content (AvgIpc) is 3.23. The third kappa shape index (κ3) is 4.20.